The van der Waals surface area contributed by atoms with Gasteiger partial charge < -0.3 is 10.1 Å². The predicted octanol–water partition coefficient (Wildman–Crippen LogP) is 1.72. The van der Waals surface area contributed by atoms with E-state index in [4.69, 9.17) is 10.1 Å². The molecule has 0 saturated heterocycles. The van der Waals surface area contributed by atoms with Crippen LogP contribution in [0.4, 0.5) is 5.69 Å². The highest BCUT2D eigenvalue weighted by molar-refractivity contribution is 5.77. The van der Waals surface area contributed by atoms with E-state index in [0.29, 0.717) is 6.54 Å². The number of anilines is 1. The van der Waals surface area contributed by atoms with Crippen molar-refractivity contribution < 1.29 is 4.74 Å². The lowest BCUT2D eigenvalue weighted by Gasteiger charge is -2.05. The van der Waals surface area contributed by atoms with E-state index in [9.17, 15) is 0 Å². The molecule has 0 spiro atoms. The quantitative estimate of drug-likeness (QED) is 0.527. The minimum Gasteiger partial charge on any atom is -0.483 e. The van der Waals surface area contributed by atoms with Crippen molar-refractivity contribution in [1.82, 2.24) is 0 Å². The summed E-state index contributed by atoms with van der Waals surface area (Å²) in [5.41, 5.74) is 0.999. The molecule has 0 atom stereocenters. The predicted molar refractivity (Wildman–Crippen MR) is 49.7 cm³/mol. The largest absolute Gasteiger partial charge is 0.483 e. The Bertz CT molecular complexity index is 246. The number of ether oxygens (including phenoxy) is 1. The summed E-state index contributed by atoms with van der Waals surface area (Å²) in [5.74, 6) is 0.235. The number of methoxy groups -OCH3 is 1. The van der Waals surface area contributed by atoms with Crippen LogP contribution in [0.2, 0.25) is 0 Å². The molecule has 0 radical (unpaired) electrons. The number of para-hydroxylation sites is 1. The van der Waals surface area contributed by atoms with Crippen LogP contribution in [0.15, 0.2) is 30.3 Å². The fraction of sp³-hybridized carbons (Fsp3) is 0.222. The Morgan fingerprint density at radius 2 is 2.08 bits per heavy atom. The first-order valence-electron chi connectivity index (χ1n) is 3.73. The summed E-state index contributed by atoms with van der Waals surface area (Å²) in [6, 6.07) is 9.73. The molecule has 0 aliphatic rings. The van der Waals surface area contributed by atoms with Crippen LogP contribution in [0, 0.1) is 5.41 Å². The number of rotatable bonds is 3. The molecule has 0 amide bonds. The minimum absolute atomic E-state index is 0.235. The van der Waals surface area contributed by atoms with Crippen LogP contribution in [0.1, 0.15) is 0 Å². The van der Waals surface area contributed by atoms with Crippen LogP contribution in [0.3, 0.4) is 0 Å². The fourth-order valence-corrected chi connectivity index (χ4v) is 0.811. The Labute approximate surface area is 71.9 Å². The highest BCUT2D eigenvalue weighted by atomic mass is 16.5. The highest BCUT2D eigenvalue weighted by Gasteiger charge is 1.93. The van der Waals surface area contributed by atoms with E-state index in [1.165, 1.54) is 7.11 Å². The molecule has 3 heteroatoms. The molecule has 12 heavy (non-hydrogen) atoms. The topological polar surface area (TPSA) is 45.1 Å². The Kier molecular flexibility index (Phi) is 3.14. The van der Waals surface area contributed by atoms with Gasteiger partial charge in [-0.25, -0.2) is 0 Å². The van der Waals surface area contributed by atoms with Crippen LogP contribution < -0.4 is 5.32 Å². The smallest absolute Gasteiger partial charge is 0.200 e. The summed E-state index contributed by atoms with van der Waals surface area (Å²) in [5, 5.41) is 10.2. The van der Waals surface area contributed by atoms with E-state index in [-0.39, 0.29) is 5.90 Å². The molecule has 3 nitrogen and oxygen atoms in total. The van der Waals surface area contributed by atoms with Crippen molar-refractivity contribution in [3.63, 3.8) is 0 Å². The minimum atomic E-state index is 0.235. The molecular formula is C9H12N2O. The maximum absolute atomic E-state index is 7.20. The van der Waals surface area contributed by atoms with Gasteiger partial charge in [-0.1, -0.05) is 18.2 Å². The van der Waals surface area contributed by atoms with Gasteiger partial charge in [0, 0.05) is 5.69 Å². The summed E-state index contributed by atoms with van der Waals surface area (Å²) >= 11 is 0. The van der Waals surface area contributed by atoms with Gasteiger partial charge in [-0.3, -0.25) is 5.41 Å². The van der Waals surface area contributed by atoms with Crippen molar-refractivity contribution in [3.8, 4) is 0 Å². The molecule has 2 N–H and O–H groups in total. The zero-order valence-electron chi connectivity index (χ0n) is 7.00. The van der Waals surface area contributed by atoms with Gasteiger partial charge in [0.2, 0.25) is 0 Å². The Morgan fingerprint density at radius 1 is 1.42 bits per heavy atom. The van der Waals surface area contributed by atoms with Gasteiger partial charge in [0.1, 0.15) is 0 Å². The summed E-state index contributed by atoms with van der Waals surface area (Å²) in [6.07, 6.45) is 0. The molecular weight excluding hydrogens is 152 g/mol. The van der Waals surface area contributed by atoms with Crippen molar-refractivity contribution in [2.24, 2.45) is 0 Å². The highest BCUT2D eigenvalue weighted by Crippen LogP contribution is 2.03. The lowest BCUT2D eigenvalue weighted by molar-refractivity contribution is 0.393. The van der Waals surface area contributed by atoms with Gasteiger partial charge >= 0.3 is 0 Å². The van der Waals surface area contributed by atoms with Gasteiger partial charge in [-0.2, -0.15) is 0 Å². The Morgan fingerprint density at radius 3 is 2.67 bits per heavy atom. The Hall–Kier alpha value is -1.51. The first-order valence-corrected chi connectivity index (χ1v) is 3.73. The second-order valence-electron chi connectivity index (χ2n) is 2.35. The molecule has 0 bridgehead atoms. The number of benzene rings is 1. The zero-order chi connectivity index (χ0) is 8.81. The van der Waals surface area contributed by atoms with E-state index < -0.39 is 0 Å². The normalized spacial score (nSPS) is 9.08. The third-order valence-electron chi connectivity index (χ3n) is 1.47. The van der Waals surface area contributed by atoms with Crippen molar-refractivity contribution in [3.05, 3.63) is 30.3 Å². The Balaban J connectivity index is 2.38. The molecule has 0 aromatic heterocycles. The number of hydrogen-bond acceptors (Lipinski definition) is 3. The lowest BCUT2D eigenvalue weighted by Crippen LogP contribution is -2.13. The first kappa shape index (κ1) is 8.59. The number of hydrogen-bond donors (Lipinski definition) is 2. The average molecular weight is 164 g/mol. The van der Waals surface area contributed by atoms with Crippen molar-refractivity contribution in [2.45, 2.75) is 0 Å². The van der Waals surface area contributed by atoms with Crippen LogP contribution in [0.5, 0.6) is 0 Å². The van der Waals surface area contributed by atoms with Crippen molar-refractivity contribution in [2.75, 3.05) is 19.0 Å². The van der Waals surface area contributed by atoms with E-state index >= 15 is 0 Å². The van der Waals surface area contributed by atoms with Gasteiger partial charge in [-0.05, 0) is 12.1 Å². The lowest BCUT2D eigenvalue weighted by atomic mass is 10.3. The monoisotopic (exact) mass is 164 g/mol. The summed E-state index contributed by atoms with van der Waals surface area (Å²) in [6.45, 7) is 0.431. The summed E-state index contributed by atoms with van der Waals surface area (Å²) in [4.78, 5) is 0. The molecule has 1 rings (SSSR count). The van der Waals surface area contributed by atoms with Gasteiger partial charge in [-0.15, -0.1) is 0 Å². The molecule has 1 aromatic rings. The van der Waals surface area contributed by atoms with Crippen LogP contribution in [0.25, 0.3) is 0 Å². The van der Waals surface area contributed by atoms with Crippen LogP contribution in [-0.4, -0.2) is 19.6 Å². The fourth-order valence-electron chi connectivity index (χ4n) is 0.811. The van der Waals surface area contributed by atoms with Gasteiger partial charge in [0.25, 0.3) is 0 Å². The van der Waals surface area contributed by atoms with Gasteiger partial charge in [0.05, 0.1) is 13.7 Å². The second kappa shape index (κ2) is 4.38. The molecule has 0 aliphatic heterocycles. The molecule has 64 valence electrons. The number of nitrogens with one attached hydrogen (secondary N) is 2. The standard InChI is InChI=1S/C9H12N2O/c1-12-9(10)7-11-8-5-3-2-4-6-8/h2-6,10-11H,7H2,1H3. The summed E-state index contributed by atoms with van der Waals surface area (Å²) < 4.78 is 4.69. The third kappa shape index (κ3) is 2.62. The zero-order valence-corrected chi connectivity index (χ0v) is 7.00. The van der Waals surface area contributed by atoms with Gasteiger partial charge in [0.15, 0.2) is 5.90 Å². The first-order chi connectivity index (χ1) is 5.83. The maximum atomic E-state index is 7.20. The molecule has 0 aliphatic carbocycles. The molecule has 1 aromatic carbocycles. The molecule has 0 saturated carbocycles. The van der Waals surface area contributed by atoms with Crippen molar-refractivity contribution in [1.29, 1.82) is 5.41 Å². The van der Waals surface area contributed by atoms with E-state index in [2.05, 4.69) is 5.32 Å². The van der Waals surface area contributed by atoms with Crippen LogP contribution in [-0.2, 0) is 4.74 Å². The second-order valence-corrected chi connectivity index (χ2v) is 2.35. The molecule has 0 heterocycles. The summed E-state index contributed by atoms with van der Waals surface area (Å²) in [7, 11) is 1.50. The third-order valence-corrected chi connectivity index (χ3v) is 1.47. The average Bonchev–Trinajstić information content (AvgIpc) is 2.16. The van der Waals surface area contributed by atoms with Crippen LogP contribution >= 0.6 is 0 Å². The van der Waals surface area contributed by atoms with E-state index in [1.54, 1.807) is 0 Å². The molecule has 0 unspecified atom stereocenters. The molecule has 0 fully saturated rings. The van der Waals surface area contributed by atoms with E-state index in [0.717, 1.165) is 5.69 Å². The SMILES string of the molecule is COC(=N)CNc1ccccc1. The van der Waals surface area contributed by atoms with Crippen molar-refractivity contribution >= 4 is 11.6 Å². The maximum Gasteiger partial charge on any atom is 0.200 e. The van der Waals surface area contributed by atoms with E-state index in [1.807, 2.05) is 30.3 Å².